The van der Waals surface area contributed by atoms with Crippen molar-refractivity contribution < 1.29 is 13.2 Å². The van der Waals surface area contributed by atoms with Gasteiger partial charge in [-0.15, -0.1) is 0 Å². The molecule has 0 radical (unpaired) electrons. The lowest BCUT2D eigenvalue weighted by Crippen LogP contribution is -2.12. The fraction of sp³-hybridized carbons (Fsp3) is 0.200. The predicted molar refractivity (Wildman–Crippen MR) is 92.0 cm³/mol. The molecule has 0 saturated carbocycles. The summed E-state index contributed by atoms with van der Waals surface area (Å²) in [6.07, 6.45) is 2.20. The van der Waals surface area contributed by atoms with Crippen molar-refractivity contribution >= 4 is 0 Å². The Kier molecular flexibility index (Phi) is 4.42. The lowest BCUT2D eigenvalue weighted by Gasteiger charge is -2.19. The summed E-state index contributed by atoms with van der Waals surface area (Å²) in [6.45, 7) is 1.27. The van der Waals surface area contributed by atoms with Gasteiger partial charge in [0.15, 0.2) is 11.6 Å². The normalized spacial score (nSPS) is 16.8. The van der Waals surface area contributed by atoms with Crippen molar-refractivity contribution in [3.8, 4) is 11.3 Å². The number of rotatable bonds is 2. The monoisotopic (exact) mass is 355 g/mol. The molecule has 0 amide bonds. The van der Waals surface area contributed by atoms with Gasteiger partial charge in [0.1, 0.15) is 5.82 Å². The van der Waals surface area contributed by atoms with Crippen LogP contribution in [0.1, 0.15) is 29.0 Å². The second-order valence-electron chi connectivity index (χ2n) is 6.33. The Balaban J connectivity index is 1.82. The van der Waals surface area contributed by atoms with Crippen LogP contribution in [0.4, 0.5) is 13.2 Å². The highest BCUT2D eigenvalue weighted by Crippen LogP contribution is 2.36. The molecule has 1 N–H and O–H groups in total. The lowest BCUT2D eigenvalue weighted by atomic mass is 9.85. The van der Waals surface area contributed by atoms with E-state index in [2.05, 4.69) is 15.5 Å². The summed E-state index contributed by atoms with van der Waals surface area (Å²) >= 11 is 0. The van der Waals surface area contributed by atoms with Gasteiger partial charge < -0.3 is 5.32 Å². The highest BCUT2D eigenvalue weighted by molar-refractivity contribution is 5.62. The zero-order chi connectivity index (χ0) is 18.1. The Hall–Kier alpha value is -2.73. The number of hydrogen-bond donors (Lipinski definition) is 1. The predicted octanol–water partition coefficient (Wildman–Crippen LogP) is 4.19. The van der Waals surface area contributed by atoms with E-state index in [1.807, 2.05) is 0 Å². The van der Waals surface area contributed by atoms with Crippen molar-refractivity contribution in [2.45, 2.75) is 18.9 Å². The van der Waals surface area contributed by atoms with E-state index < -0.39 is 17.5 Å². The third kappa shape index (κ3) is 3.08. The van der Waals surface area contributed by atoms with Crippen LogP contribution in [0.25, 0.3) is 11.3 Å². The molecule has 2 heterocycles. The van der Waals surface area contributed by atoms with Crippen LogP contribution in [0, 0.1) is 17.5 Å². The molecule has 4 rings (SSSR count). The molecule has 3 nitrogen and oxygen atoms in total. The van der Waals surface area contributed by atoms with Gasteiger partial charge in [0.2, 0.25) is 0 Å². The molecule has 1 atom stereocenters. The number of benzene rings is 2. The summed E-state index contributed by atoms with van der Waals surface area (Å²) in [6, 6.07) is 10.5. The molecule has 3 aromatic rings. The molecule has 0 saturated heterocycles. The van der Waals surface area contributed by atoms with Crippen LogP contribution in [0.2, 0.25) is 0 Å². The number of nitrogens with zero attached hydrogens (tertiary/aromatic N) is 2. The van der Waals surface area contributed by atoms with Crippen LogP contribution < -0.4 is 5.32 Å². The standard InChI is InChI=1S/C20H16F3N3/c21-17-4-3-12(9-19(17)23)14-5-7-24-11-13-8-16(18(22)10-15(13)14)20-2-1-6-25-26-20/h1-4,6,8-10,14,24H,5,7,11H2. The van der Waals surface area contributed by atoms with E-state index in [4.69, 9.17) is 0 Å². The molecule has 2 aromatic carbocycles. The lowest BCUT2D eigenvalue weighted by molar-refractivity contribution is 0.505. The van der Waals surface area contributed by atoms with Crippen molar-refractivity contribution in [1.82, 2.24) is 15.5 Å². The molecule has 132 valence electrons. The smallest absolute Gasteiger partial charge is 0.159 e. The Labute approximate surface area is 148 Å². The second kappa shape index (κ2) is 6.88. The van der Waals surface area contributed by atoms with Gasteiger partial charge in [-0.25, -0.2) is 13.2 Å². The molecule has 1 aliphatic rings. The number of hydrogen-bond acceptors (Lipinski definition) is 3. The fourth-order valence-electron chi connectivity index (χ4n) is 3.45. The topological polar surface area (TPSA) is 37.8 Å². The van der Waals surface area contributed by atoms with Crippen LogP contribution in [0.5, 0.6) is 0 Å². The Morgan fingerprint density at radius 3 is 2.62 bits per heavy atom. The summed E-state index contributed by atoms with van der Waals surface area (Å²) in [7, 11) is 0. The molecule has 1 unspecified atom stereocenters. The van der Waals surface area contributed by atoms with Gasteiger partial charge in [0, 0.05) is 24.2 Å². The van der Waals surface area contributed by atoms with E-state index in [0.717, 1.165) is 17.2 Å². The van der Waals surface area contributed by atoms with Gasteiger partial charge in [-0.05, 0) is 66.1 Å². The SMILES string of the molecule is Fc1ccc(C2CCNCc3cc(-c4cccnn4)c(F)cc32)cc1F. The maximum absolute atomic E-state index is 14.8. The minimum atomic E-state index is -0.891. The van der Waals surface area contributed by atoms with Crippen molar-refractivity contribution in [2.24, 2.45) is 0 Å². The third-order valence-corrected chi connectivity index (χ3v) is 4.72. The van der Waals surface area contributed by atoms with Crippen molar-refractivity contribution in [3.63, 3.8) is 0 Å². The summed E-state index contributed by atoms with van der Waals surface area (Å²) in [5.41, 5.74) is 3.18. The van der Waals surface area contributed by atoms with Crippen molar-refractivity contribution in [2.75, 3.05) is 6.54 Å². The second-order valence-corrected chi connectivity index (χ2v) is 6.33. The molecule has 1 aliphatic heterocycles. The van der Waals surface area contributed by atoms with Crippen LogP contribution in [0.15, 0.2) is 48.7 Å². The van der Waals surface area contributed by atoms with Gasteiger partial charge in [0.25, 0.3) is 0 Å². The maximum Gasteiger partial charge on any atom is 0.159 e. The van der Waals surface area contributed by atoms with Gasteiger partial charge in [-0.2, -0.15) is 10.2 Å². The zero-order valence-electron chi connectivity index (χ0n) is 13.8. The van der Waals surface area contributed by atoms with E-state index in [1.54, 1.807) is 24.3 Å². The quantitative estimate of drug-likeness (QED) is 0.749. The first-order chi connectivity index (χ1) is 12.6. The molecule has 26 heavy (non-hydrogen) atoms. The molecule has 0 bridgehead atoms. The van der Waals surface area contributed by atoms with Gasteiger partial charge in [-0.1, -0.05) is 6.07 Å². The van der Waals surface area contributed by atoms with Crippen LogP contribution in [-0.4, -0.2) is 16.7 Å². The van der Waals surface area contributed by atoms with Crippen LogP contribution >= 0.6 is 0 Å². The minimum Gasteiger partial charge on any atom is -0.313 e. The molecule has 0 aliphatic carbocycles. The van der Waals surface area contributed by atoms with Crippen molar-refractivity contribution in [1.29, 1.82) is 0 Å². The van der Waals surface area contributed by atoms with E-state index in [9.17, 15) is 13.2 Å². The number of aromatic nitrogens is 2. The summed E-state index contributed by atoms with van der Waals surface area (Å²) in [4.78, 5) is 0. The minimum absolute atomic E-state index is 0.208. The molecule has 6 heteroatoms. The number of nitrogens with one attached hydrogen (secondary N) is 1. The maximum atomic E-state index is 14.8. The molecule has 0 spiro atoms. The highest BCUT2D eigenvalue weighted by atomic mass is 19.2. The van der Waals surface area contributed by atoms with E-state index in [-0.39, 0.29) is 5.92 Å². The first-order valence-electron chi connectivity index (χ1n) is 8.39. The van der Waals surface area contributed by atoms with E-state index >= 15 is 0 Å². The zero-order valence-corrected chi connectivity index (χ0v) is 13.8. The van der Waals surface area contributed by atoms with Gasteiger partial charge in [-0.3, -0.25) is 0 Å². The fourth-order valence-corrected chi connectivity index (χ4v) is 3.45. The summed E-state index contributed by atoms with van der Waals surface area (Å²) in [5, 5.41) is 11.1. The third-order valence-electron chi connectivity index (χ3n) is 4.72. The Morgan fingerprint density at radius 1 is 0.962 bits per heavy atom. The molecular formula is C20H16F3N3. The molecular weight excluding hydrogens is 339 g/mol. The van der Waals surface area contributed by atoms with Gasteiger partial charge >= 0.3 is 0 Å². The first kappa shape index (κ1) is 16.7. The summed E-state index contributed by atoms with van der Waals surface area (Å²) < 4.78 is 41.8. The average molecular weight is 355 g/mol. The molecule has 1 aromatic heterocycles. The van der Waals surface area contributed by atoms with Crippen LogP contribution in [0.3, 0.4) is 0 Å². The number of fused-ring (bicyclic) bond motifs is 1. The summed E-state index contributed by atoms with van der Waals surface area (Å²) in [5.74, 6) is -2.39. The first-order valence-corrected chi connectivity index (χ1v) is 8.39. The van der Waals surface area contributed by atoms with Crippen LogP contribution in [-0.2, 0) is 6.54 Å². The Morgan fingerprint density at radius 2 is 1.85 bits per heavy atom. The average Bonchev–Trinajstić information content (AvgIpc) is 2.86. The molecule has 0 fully saturated rings. The largest absolute Gasteiger partial charge is 0.313 e. The van der Waals surface area contributed by atoms with E-state index in [0.29, 0.717) is 36.3 Å². The van der Waals surface area contributed by atoms with E-state index in [1.165, 1.54) is 18.3 Å². The highest BCUT2D eigenvalue weighted by Gasteiger charge is 2.24. The van der Waals surface area contributed by atoms with Gasteiger partial charge in [0.05, 0.1) is 5.69 Å². The number of halogens is 3. The van der Waals surface area contributed by atoms with Crippen molar-refractivity contribution in [3.05, 3.63) is 82.8 Å². The Bertz CT molecular complexity index is 945.